The van der Waals surface area contributed by atoms with Crippen molar-refractivity contribution in [2.24, 2.45) is 5.92 Å². The molecule has 16 heavy (non-hydrogen) atoms. The molecule has 1 aliphatic rings. The summed E-state index contributed by atoms with van der Waals surface area (Å²) >= 11 is 5.73. The van der Waals surface area contributed by atoms with Crippen LogP contribution in [0.15, 0.2) is 16.3 Å². The minimum Gasteiger partial charge on any atom is -0.338 e. The molecule has 1 atom stereocenters. The van der Waals surface area contributed by atoms with E-state index in [9.17, 15) is 4.79 Å². The first kappa shape index (κ1) is 12.0. The molecular formula is C12H17NOS2. The molecule has 2 nitrogen and oxygen atoms in total. The molecule has 1 amide bonds. The Morgan fingerprint density at radius 3 is 3.00 bits per heavy atom. The molecule has 2 rings (SSSR count). The summed E-state index contributed by atoms with van der Waals surface area (Å²) in [6.45, 7) is 4.08. The molecule has 0 aromatic carbocycles. The van der Waals surface area contributed by atoms with Gasteiger partial charge in [0.1, 0.15) is 0 Å². The Morgan fingerprint density at radius 2 is 2.31 bits per heavy atom. The third-order valence-electron chi connectivity index (χ3n) is 3.10. The summed E-state index contributed by atoms with van der Waals surface area (Å²) in [5.41, 5.74) is 0. The number of hydrogen-bond acceptors (Lipinski definition) is 3. The predicted octanol–water partition coefficient (Wildman–Crippen LogP) is 3.30. The molecule has 4 heteroatoms. The molecule has 1 saturated heterocycles. The second kappa shape index (κ2) is 5.23. The molecule has 0 spiro atoms. The first-order valence-corrected chi connectivity index (χ1v) is 7.06. The highest BCUT2D eigenvalue weighted by Crippen LogP contribution is 2.22. The third-order valence-corrected chi connectivity index (χ3v) is 4.45. The minimum absolute atomic E-state index is 0.180. The number of carbonyl (C=O) groups is 1. The number of hydrogen-bond donors (Lipinski definition) is 1. The van der Waals surface area contributed by atoms with E-state index < -0.39 is 0 Å². The average Bonchev–Trinajstić information content (AvgIpc) is 2.57. The van der Waals surface area contributed by atoms with E-state index in [0.29, 0.717) is 0 Å². The number of rotatable bonds is 1. The molecule has 1 aromatic rings. The molecule has 0 radical (unpaired) electrons. The van der Waals surface area contributed by atoms with Crippen molar-refractivity contribution in [3.63, 3.8) is 0 Å². The first-order valence-electron chi connectivity index (χ1n) is 5.73. The molecule has 2 heterocycles. The van der Waals surface area contributed by atoms with Crippen molar-refractivity contribution < 1.29 is 4.79 Å². The van der Waals surface area contributed by atoms with Crippen molar-refractivity contribution in [1.82, 2.24) is 4.90 Å². The smallest absolute Gasteiger partial charge is 0.263 e. The SMILES string of the molecule is CC1CCCN(C(=O)c2cc(S)cs2)CC1. The molecule has 88 valence electrons. The van der Waals surface area contributed by atoms with E-state index in [1.165, 1.54) is 17.8 Å². The van der Waals surface area contributed by atoms with Crippen LogP contribution < -0.4 is 0 Å². The Kier molecular flexibility index (Phi) is 3.92. The fraction of sp³-hybridized carbons (Fsp3) is 0.583. The standard InChI is InChI=1S/C12H17NOS2/c1-9-3-2-5-13(6-4-9)12(14)11-7-10(15)8-16-11/h7-9,15H,2-6H2,1H3. The van der Waals surface area contributed by atoms with Crippen LogP contribution in [-0.2, 0) is 0 Å². The number of thiol groups is 1. The highest BCUT2D eigenvalue weighted by atomic mass is 32.1. The lowest BCUT2D eigenvalue weighted by Crippen LogP contribution is -2.31. The average molecular weight is 255 g/mol. The molecule has 1 aromatic heterocycles. The van der Waals surface area contributed by atoms with E-state index in [4.69, 9.17) is 0 Å². The molecule has 1 fully saturated rings. The van der Waals surface area contributed by atoms with E-state index >= 15 is 0 Å². The van der Waals surface area contributed by atoms with Crippen molar-refractivity contribution in [3.8, 4) is 0 Å². The molecule has 0 bridgehead atoms. The monoisotopic (exact) mass is 255 g/mol. The Labute approximate surface area is 106 Å². The Hall–Kier alpha value is -0.480. The molecule has 1 aliphatic heterocycles. The fourth-order valence-electron chi connectivity index (χ4n) is 2.06. The minimum atomic E-state index is 0.180. The van der Waals surface area contributed by atoms with E-state index in [2.05, 4.69) is 19.6 Å². The number of nitrogens with zero attached hydrogens (tertiary/aromatic N) is 1. The van der Waals surface area contributed by atoms with Gasteiger partial charge in [-0.15, -0.1) is 24.0 Å². The van der Waals surface area contributed by atoms with Gasteiger partial charge in [-0.2, -0.15) is 0 Å². The molecule has 0 saturated carbocycles. The van der Waals surface area contributed by atoms with Gasteiger partial charge < -0.3 is 4.90 Å². The Morgan fingerprint density at radius 1 is 1.50 bits per heavy atom. The highest BCUT2D eigenvalue weighted by molar-refractivity contribution is 7.80. The molecular weight excluding hydrogens is 238 g/mol. The van der Waals surface area contributed by atoms with Crippen LogP contribution in [0, 0.1) is 5.92 Å². The van der Waals surface area contributed by atoms with Crippen LogP contribution in [0.1, 0.15) is 35.9 Å². The van der Waals surface area contributed by atoms with Gasteiger partial charge in [-0.3, -0.25) is 4.79 Å². The van der Waals surface area contributed by atoms with Gasteiger partial charge in [0.15, 0.2) is 0 Å². The lowest BCUT2D eigenvalue weighted by atomic mass is 10.0. The number of likely N-dealkylation sites (tertiary alicyclic amines) is 1. The van der Waals surface area contributed by atoms with E-state index in [-0.39, 0.29) is 5.91 Å². The first-order chi connectivity index (χ1) is 7.66. The predicted molar refractivity (Wildman–Crippen MR) is 70.5 cm³/mol. The van der Waals surface area contributed by atoms with Gasteiger partial charge in [-0.1, -0.05) is 6.92 Å². The summed E-state index contributed by atoms with van der Waals surface area (Å²) in [6.07, 6.45) is 3.50. The van der Waals surface area contributed by atoms with Crippen molar-refractivity contribution in [3.05, 3.63) is 16.3 Å². The van der Waals surface area contributed by atoms with Crippen LogP contribution >= 0.6 is 24.0 Å². The lowest BCUT2D eigenvalue weighted by molar-refractivity contribution is 0.0765. The van der Waals surface area contributed by atoms with E-state index in [0.717, 1.165) is 41.6 Å². The largest absolute Gasteiger partial charge is 0.338 e. The van der Waals surface area contributed by atoms with Gasteiger partial charge in [-0.05, 0) is 31.2 Å². The normalized spacial score (nSPS) is 21.9. The van der Waals surface area contributed by atoms with E-state index in [1.54, 1.807) is 0 Å². The van der Waals surface area contributed by atoms with Crippen LogP contribution in [0.2, 0.25) is 0 Å². The zero-order chi connectivity index (χ0) is 11.5. The van der Waals surface area contributed by atoms with Crippen molar-refractivity contribution in [1.29, 1.82) is 0 Å². The third kappa shape index (κ3) is 2.80. The highest BCUT2D eigenvalue weighted by Gasteiger charge is 2.20. The molecule has 0 N–H and O–H groups in total. The summed E-state index contributed by atoms with van der Waals surface area (Å²) in [5, 5.41) is 1.91. The Bertz CT molecular complexity index is 375. The van der Waals surface area contributed by atoms with Gasteiger partial charge in [0.2, 0.25) is 0 Å². The topological polar surface area (TPSA) is 20.3 Å². The fourth-order valence-corrected chi connectivity index (χ4v) is 3.18. The zero-order valence-corrected chi connectivity index (χ0v) is 11.2. The van der Waals surface area contributed by atoms with Crippen LogP contribution in [-0.4, -0.2) is 23.9 Å². The van der Waals surface area contributed by atoms with Crippen molar-refractivity contribution in [2.75, 3.05) is 13.1 Å². The maximum Gasteiger partial charge on any atom is 0.263 e. The van der Waals surface area contributed by atoms with Gasteiger partial charge in [0.05, 0.1) is 4.88 Å². The number of thiophene rings is 1. The van der Waals surface area contributed by atoms with Crippen LogP contribution in [0.25, 0.3) is 0 Å². The number of amides is 1. The zero-order valence-electron chi connectivity index (χ0n) is 9.48. The summed E-state index contributed by atoms with van der Waals surface area (Å²) < 4.78 is 0. The second-order valence-corrected chi connectivity index (χ2v) is 5.93. The van der Waals surface area contributed by atoms with Crippen molar-refractivity contribution in [2.45, 2.75) is 31.1 Å². The van der Waals surface area contributed by atoms with E-state index in [1.807, 2.05) is 16.3 Å². The summed E-state index contributed by atoms with van der Waals surface area (Å²) in [4.78, 5) is 15.9. The van der Waals surface area contributed by atoms with Crippen LogP contribution in [0.4, 0.5) is 0 Å². The van der Waals surface area contributed by atoms with Gasteiger partial charge >= 0.3 is 0 Å². The molecule has 0 aliphatic carbocycles. The summed E-state index contributed by atoms with van der Waals surface area (Å²) in [6, 6.07) is 1.87. The Balaban J connectivity index is 2.04. The second-order valence-electron chi connectivity index (χ2n) is 4.50. The van der Waals surface area contributed by atoms with Crippen LogP contribution in [0.3, 0.4) is 0 Å². The van der Waals surface area contributed by atoms with Crippen LogP contribution in [0.5, 0.6) is 0 Å². The van der Waals surface area contributed by atoms with Crippen molar-refractivity contribution >= 4 is 29.9 Å². The lowest BCUT2D eigenvalue weighted by Gasteiger charge is -2.19. The van der Waals surface area contributed by atoms with Gasteiger partial charge in [0.25, 0.3) is 5.91 Å². The maximum atomic E-state index is 12.2. The summed E-state index contributed by atoms with van der Waals surface area (Å²) in [5.74, 6) is 0.931. The summed E-state index contributed by atoms with van der Waals surface area (Å²) in [7, 11) is 0. The maximum absolute atomic E-state index is 12.2. The van der Waals surface area contributed by atoms with Gasteiger partial charge in [-0.25, -0.2) is 0 Å². The quantitative estimate of drug-likeness (QED) is 0.763. The van der Waals surface area contributed by atoms with Gasteiger partial charge in [0, 0.05) is 23.4 Å². The number of carbonyl (C=O) groups excluding carboxylic acids is 1. The molecule has 1 unspecified atom stereocenters.